The number of nitrogens with two attached hydrogens (primary N) is 1. The third-order valence-corrected chi connectivity index (χ3v) is 3.36. The molecule has 2 rings (SSSR count). The maximum atomic E-state index is 11.0. The molecule has 0 aliphatic heterocycles. The Labute approximate surface area is 101 Å². The highest BCUT2D eigenvalue weighted by atomic mass is 16.4. The molecule has 0 saturated heterocycles. The Morgan fingerprint density at radius 3 is 2.53 bits per heavy atom. The molecule has 90 valence electrons. The number of hydrogen-bond donors (Lipinski definition) is 2. The first kappa shape index (κ1) is 10.3. The zero-order valence-corrected chi connectivity index (χ0v) is 9.35. The van der Waals surface area contributed by atoms with Gasteiger partial charge in [0.2, 0.25) is 5.91 Å². The van der Waals surface area contributed by atoms with Crippen molar-refractivity contribution in [2.75, 3.05) is 0 Å². The van der Waals surface area contributed by atoms with E-state index >= 15 is 0 Å². The summed E-state index contributed by atoms with van der Waals surface area (Å²) in [6.45, 7) is 0. The van der Waals surface area contributed by atoms with Crippen molar-refractivity contribution in [2.45, 2.75) is 25.2 Å². The van der Waals surface area contributed by atoms with Crippen LogP contribution in [0.4, 0.5) is 0 Å². The van der Waals surface area contributed by atoms with Gasteiger partial charge in [-0.2, -0.15) is 0 Å². The van der Waals surface area contributed by atoms with Gasteiger partial charge in [-0.05, 0) is 29.9 Å². The fourth-order valence-corrected chi connectivity index (χ4v) is 2.26. The van der Waals surface area contributed by atoms with Gasteiger partial charge >= 0.3 is 5.97 Å². The van der Waals surface area contributed by atoms with Gasteiger partial charge in [0.1, 0.15) is 0 Å². The van der Waals surface area contributed by atoms with Crippen molar-refractivity contribution in [1.82, 2.24) is 0 Å². The van der Waals surface area contributed by atoms with Gasteiger partial charge in [-0.25, -0.2) is 0 Å². The quantitative estimate of drug-likeness (QED) is 0.823. The second kappa shape index (κ2) is 4.57. The summed E-state index contributed by atoms with van der Waals surface area (Å²) < 4.78 is 6.72. The van der Waals surface area contributed by atoms with Crippen molar-refractivity contribution < 1.29 is 16.1 Å². The topological polar surface area (TPSA) is 80.4 Å². The van der Waals surface area contributed by atoms with Crippen molar-refractivity contribution in [3.8, 4) is 0 Å². The molecule has 0 bridgehead atoms. The molecule has 17 heavy (non-hydrogen) atoms. The van der Waals surface area contributed by atoms with E-state index < -0.39 is 5.97 Å². The Bertz CT molecular complexity index is 458. The lowest BCUT2D eigenvalue weighted by molar-refractivity contribution is -0.145. The summed E-state index contributed by atoms with van der Waals surface area (Å²) in [5.74, 6) is -1.26. The first-order chi connectivity index (χ1) is 8.61. The van der Waals surface area contributed by atoms with Gasteiger partial charge < -0.3 is 10.8 Å². The lowest BCUT2D eigenvalue weighted by atomic mass is 9.70. The van der Waals surface area contributed by atoms with Crippen LogP contribution in [-0.4, -0.2) is 17.0 Å². The van der Waals surface area contributed by atoms with E-state index in [1.807, 2.05) is 30.0 Å². The molecule has 4 heteroatoms. The number of hydrogen-bond acceptors (Lipinski definition) is 2. The molecular weight excluding hydrogens is 218 g/mol. The minimum atomic E-state index is -0.732. The van der Waals surface area contributed by atoms with Crippen molar-refractivity contribution in [1.29, 1.82) is 0 Å². The van der Waals surface area contributed by atoms with Crippen LogP contribution in [0.25, 0.3) is 0 Å². The zero-order valence-electron chi connectivity index (χ0n) is 10.3. The lowest BCUT2D eigenvalue weighted by Gasteiger charge is -2.33. The van der Waals surface area contributed by atoms with Gasteiger partial charge in [0.15, 0.2) is 1.41 Å². The first-order valence-electron chi connectivity index (χ1n) is 6.14. The fourth-order valence-electron chi connectivity index (χ4n) is 2.26. The second-order valence-corrected chi connectivity index (χ2v) is 4.47. The molecule has 1 aliphatic rings. The summed E-state index contributed by atoms with van der Waals surface area (Å²) in [6.07, 6.45) is 1.82. The number of carboxylic acids is 1. The molecule has 0 heterocycles. The van der Waals surface area contributed by atoms with E-state index in [1.54, 1.807) is 0 Å². The Balaban J connectivity index is 2.04. The fraction of sp³-hybridized carbons (Fsp3) is 0.385. The zero-order chi connectivity index (χ0) is 13.1. The van der Waals surface area contributed by atoms with Gasteiger partial charge in [0.05, 0.1) is 12.3 Å². The van der Waals surface area contributed by atoms with Crippen LogP contribution in [-0.2, 0) is 16.0 Å². The molecular formula is C13H15NO3. The smallest absolute Gasteiger partial charge is 0.307 e. The van der Waals surface area contributed by atoms with E-state index in [2.05, 4.69) is 0 Å². The molecule has 0 aromatic heterocycles. The number of primary amides is 1. The second-order valence-electron chi connectivity index (χ2n) is 4.47. The molecule has 3 N–H and O–H groups in total. The number of rotatable bonds is 4. The Morgan fingerprint density at radius 2 is 2.06 bits per heavy atom. The largest absolute Gasteiger partial charge is 0.481 e. The minimum absolute atomic E-state index is 0.0987. The predicted molar refractivity (Wildman–Crippen MR) is 62.4 cm³/mol. The third kappa shape index (κ3) is 2.46. The van der Waals surface area contributed by atoms with Crippen molar-refractivity contribution in [3.05, 3.63) is 35.4 Å². The highest BCUT2D eigenvalue weighted by Crippen LogP contribution is 2.42. The van der Waals surface area contributed by atoms with Gasteiger partial charge in [0.25, 0.3) is 0 Å². The van der Waals surface area contributed by atoms with E-state index in [0.29, 0.717) is 0 Å². The molecule has 1 amide bonds. The number of amides is 1. The van der Waals surface area contributed by atoms with Crippen LogP contribution in [0.1, 0.15) is 29.9 Å². The molecule has 2 atom stereocenters. The van der Waals surface area contributed by atoms with Crippen molar-refractivity contribution in [2.24, 2.45) is 11.6 Å². The van der Waals surface area contributed by atoms with E-state index in [0.717, 1.165) is 24.0 Å². The average Bonchev–Trinajstić information content (AvgIpc) is 2.29. The van der Waals surface area contributed by atoms with Gasteiger partial charge in [-0.3, -0.25) is 9.59 Å². The van der Waals surface area contributed by atoms with E-state index in [-0.39, 0.29) is 24.2 Å². The van der Waals surface area contributed by atoms with E-state index in [1.165, 1.54) is 0 Å². The normalized spacial score (nSPS) is 23.4. The number of benzene rings is 1. The molecule has 1 aromatic carbocycles. The summed E-state index contributed by atoms with van der Waals surface area (Å²) in [6, 6.07) is 7.41. The van der Waals surface area contributed by atoms with Gasteiger partial charge in [-0.1, -0.05) is 24.3 Å². The number of carboxylic acid groups (broad SMARTS) is 1. The Kier molecular flexibility index (Phi) is 2.78. The minimum Gasteiger partial charge on any atom is -0.481 e. The monoisotopic (exact) mass is 234 g/mol. The molecule has 1 fully saturated rings. The lowest BCUT2D eigenvalue weighted by Crippen LogP contribution is -2.30. The van der Waals surface area contributed by atoms with E-state index in [4.69, 9.17) is 6.52 Å². The van der Waals surface area contributed by atoms with Crippen LogP contribution in [0, 0.1) is 5.92 Å². The predicted octanol–water partition coefficient (Wildman–Crippen LogP) is 1.29. The average molecular weight is 234 g/mol. The Morgan fingerprint density at radius 1 is 1.35 bits per heavy atom. The highest BCUT2D eigenvalue weighted by Gasteiger charge is 2.37. The molecule has 0 spiro atoms. The summed E-state index contributed by atoms with van der Waals surface area (Å²) >= 11 is 0. The summed E-state index contributed by atoms with van der Waals surface area (Å²) in [5.41, 5.74) is 3.67. The van der Waals surface area contributed by atoms with Crippen LogP contribution in [0.3, 0.4) is 0 Å². The SMILES string of the molecule is [2H]NC(=O)Cc1ccc(C2CCC2C(=O)O)cc1. The van der Waals surface area contributed by atoms with Crippen LogP contribution in [0.2, 0.25) is 1.41 Å². The summed E-state index contributed by atoms with van der Waals surface area (Å²) in [7, 11) is 0. The molecule has 1 aliphatic carbocycles. The van der Waals surface area contributed by atoms with Crippen LogP contribution in [0.15, 0.2) is 24.3 Å². The Hall–Kier alpha value is -1.84. The van der Waals surface area contributed by atoms with E-state index in [9.17, 15) is 9.59 Å². The molecule has 2 unspecified atom stereocenters. The van der Waals surface area contributed by atoms with Crippen molar-refractivity contribution in [3.63, 3.8) is 0 Å². The van der Waals surface area contributed by atoms with Crippen LogP contribution in [0.5, 0.6) is 0 Å². The number of carbonyl (C=O) groups is 2. The van der Waals surface area contributed by atoms with Crippen LogP contribution < -0.4 is 5.73 Å². The third-order valence-electron chi connectivity index (χ3n) is 3.36. The first-order valence-corrected chi connectivity index (χ1v) is 5.64. The standard InChI is InChI=1S/C13H15NO3/c14-12(15)7-8-1-3-9(4-2-8)10-5-6-11(10)13(16)17/h1-4,10-11H,5-7H2,(H2,14,15)(H,16,17)/i/hD. The number of aliphatic carboxylic acids is 1. The highest BCUT2D eigenvalue weighted by molar-refractivity contribution is 5.76. The molecule has 0 radical (unpaired) electrons. The summed E-state index contributed by atoms with van der Waals surface area (Å²) in [4.78, 5) is 22.0. The summed E-state index contributed by atoms with van der Waals surface area (Å²) in [5, 5.41) is 9.00. The maximum absolute atomic E-state index is 11.0. The van der Waals surface area contributed by atoms with Crippen molar-refractivity contribution >= 4 is 11.9 Å². The molecule has 1 aromatic rings. The number of carbonyl (C=O) groups excluding carboxylic acids is 1. The van der Waals surface area contributed by atoms with Gasteiger partial charge in [-0.15, -0.1) is 0 Å². The molecule has 1 saturated carbocycles. The van der Waals surface area contributed by atoms with Gasteiger partial charge in [0, 0.05) is 0 Å². The van der Waals surface area contributed by atoms with Crippen LogP contribution >= 0.6 is 0 Å². The maximum Gasteiger partial charge on any atom is 0.307 e. The molecule has 4 nitrogen and oxygen atoms in total.